The zero-order valence-corrected chi connectivity index (χ0v) is 9.11. The summed E-state index contributed by atoms with van der Waals surface area (Å²) in [7, 11) is 0. The number of rotatable bonds is 4. The summed E-state index contributed by atoms with van der Waals surface area (Å²) in [5.74, 6) is -0.302. The molecule has 0 fully saturated rings. The molecule has 2 N–H and O–H groups in total. The molecule has 0 unspecified atom stereocenters. The maximum absolute atomic E-state index is 11.2. The Balaban J connectivity index is 2.68. The largest absolute Gasteiger partial charge is 0.460 e. The van der Waals surface area contributed by atoms with E-state index in [1.807, 2.05) is 13.8 Å². The van der Waals surface area contributed by atoms with E-state index in [2.05, 4.69) is 10.1 Å². The van der Waals surface area contributed by atoms with Gasteiger partial charge in [0.1, 0.15) is 0 Å². The van der Waals surface area contributed by atoms with Crippen molar-refractivity contribution < 1.29 is 14.1 Å². The lowest BCUT2D eigenvalue weighted by molar-refractivity contribution is 0.0508. The molecule has 0 aliphatic carbocycles. The van der Waals surface area contributed by atoms with Gasteiger partial charge in [-0.05, 0) is 25.9 Å². The number of hydrogen-bond donors (Lipinski definition) is 1. The van der Waals surface area contributed by atoms with Gasteiger partial charge in [0.15, 0.2) is 0 Å². The third kappa shape index (κ3) is 3.67. The van der Waals surface area contributed by atoms with E-state index in [1.165, 1.54) is 0 Å². The van der Waals surface area contributed by atoms with Crippen molar-refractivity contribution in [3.8, 4) is 0 Å². The van der Waals surface area contributed by atoms with Crippen LogP contribution in [-0.4, -0.2) is 28.3 Å². The van der Waals surface area contributed by atoms with Crippen LogP contribution in [0, 0.1) is 0 Å². The summed E-state index contributed by atoms with van der Waals surface area (Å²) >= 11 is 0. The van der Waals surface area contributed by atoms with Gasteiger partial charge in [-0.3, -0.25) is 0 Å². The second-order valence-corrected chi connectivity index (χ2v) is 3.90. The van der Waals surface area contributed by atoms with Crippen LogP contribution >= 0.6 is 0 Å². The predicted octanol–water partition coefficient (Wildman–Crippen LogP) is 0.526. The molecule has 1 rings (SSSR count). The first-order valence-corrected chi connectivity index (χ1v) is 4.71. The van der Waals surface area contributed by atoms with Crippen molar-refractivity contribution in [2.75, 3.05) is 6.61 Å². The summed E-state index contributed by atoms with van der Waals surface area (Å²) in [6.07, 6.45) is 0.416. The number of hydrogen-bond acceptors (Lipinski definition) is 6. The second kappa shape index (κ2) is 4.39. The maximum Gasteiger partial charge on any atom is 0.379 e. The summed E-state index contributed by atoms with van der Waals surface area (Å²) in [6, 6.07) is 0. The van der Waals surface area contributed by atoms with Gasteiger partial charge >= 0.3 is 5.97 Å². The first-order valence-electron chi connectivity index (χ1n) is 4.71. The molecule has 0 saturated carbocycles. The fraction of sp³-hybridized carbons (Fsp3) is 0.667. The van der Waals surface area contributed by atoms with Crippen LogP contribution in [-0.2, 0) is 11.2 Å². The Bertz CT molecular complexity index is 341. The van der Waals surface area contributed by atoms with E-state index in [1.54, 1.807) is 6.92 Å². The zero-order chi connectivity index (χ0) is 11.5. The van der Waals surface area contributed by atoms with Crippen LogP contribution in [0.1, 0.15) is 37.3 Å². The van der Waals surface area contributed by atoms with E-state index in [-0.39, 0.29) is 12.4 Å². The minimum Gasteiger partial charge on any atom is -0.460 e. The number of carbonyl (C=O) groups excluding carboxylic acids is 1. The van der Waals surface area contributed by atoms with Crippen molar-refractivity contribution in [2.45, 2.75) is 32.7 Å². The summed E-state index contributed by atoms with van der Waals surface area (Å²) in [6.45, 7) is 5.66. The zero-order valence-electron chi connectivity index (χ0n) is 9.11. The Morgan fingerprint density at radius 2 is 2.27 bits per heavy atom. The number of nitrogens with two attached hydrogens (primary N) is 1. The monoisotopic (exact) mass is 213 g/mol. The Labute approximate surface area is 87.8 Å². The predicted molar refractivity (Wildman–Crippen MR) is 52.2 cm³/mol. The van der Waals surface area contributed by atoms with Gasteiger partial charge in [0.05, 0.1) is 6.61 Å². The van der Waals surface area contributed by atoms with Crippen LogP contribution < -0.4 is 5.73 Å². The molecular formula is C9H15N3O3. The van der Waals surface area contributed by atoms with Gasteiger partial charge in [-0.1, -0.05) is 0 Å². The number of ether oxygens (including phenoxy) is 1. The molecule has 0 aromatic carbocycles. The van der Waals surface area contributed by atoms with E-state index >= 15 is 0 Å². The van der Waals surface area contributed by atoms with Crippen LogP contribution in [0.4, 0.5) is 0 Å². The van der Waals surface area contributed by atoms with E-state index in [0.29, 0.717) is 12.3 Å². The third-order valence-corrected chi connectivity index (χ3v) is 1.53. The summed E-state index contributed by atoms with van der Waals surface area (Å²) in [4.78, 5) is 15.1. The average Bonchev–Trinajstić information content (AvgIpc) is 2.50. The first-order chi connectivity index (χ1) is 6.92. The molecule has 15 heavy (non-hydrogen) atoms. The van der Waals surface area contributed by atoms with Gasteiger partial charge in [0.2, 0.25) is 5.89 Å². The SMILES string of the molecule is CCOC(=O)c1noc(CC(C)(C)N)n1. The minimum absolute atomic E-state index is 0.0592. The Kier molecular flexibility index (Phi) is 3.41. The van der Waals surface area contributed by atoms with Crippen molar-refractivity contribution >= 4 is 5.97 Å². The van der Waals surface area contributed by atoms with Gasteiger partial charge in [0.25, 0.3) is 5.82 Å². The average molecular weight is 213 g/mol. The Morgan fingerprint density at radius 1 is 1.60 bits per heavy atom. The highest BCUT2D eigenvalue weighted by Crippen LogP contribution is 2.08. The van der Waals surface area contributed by atoms with Crippen molar-refractivity contribution in [1.29, 1.82) is 0 Å². The Morgan fingerprint density at radius 3 is 2.80 bits per heavy atom. The third-order valence-electron chi connectivity index (χ3n) is 1.53. The highest BCUT2D eigenvalue weighted by Gasteiger charge is 2.20. The molecular weight excluding hydrogens is 198 g/mol. The number of esters is 1. The molecule has 1 aromatic heterocycles. The van der Waals surface area contributed by atoms with Crippen LogP contribution in [0.2, 0.25) is 0 Å². The number of carbonyl (C=O) groups is 1. The highest BCUT2D eigenvalue weighted by atomic mass is 16.5. The van der Waals surface area contributed by atoms with E-state index < -0.39 is 11.5 Å². The van der Waals surface area contributed by atoms with E-state index in [9.17, 15) is 4.79 Å². The summed E-state index contributed by atoms with van der Waals surface area (Å²) in [5.41, 5.74) is 5.32. The smallest absolute Gasteiger partial charge is 0.379 e. The fourth-order valence-corrected chi connectivity index (χ4v) is 0.995. The number of nitrogens with zero attached hydrogens (tertiary/aromatic N) is 2. The second-order valence-electron chi connectivity index (χ2n) is 3.90. The molecule has 84 valence electrons. The van der Waals surface area contributed by atoms with Crippen LogP contribution in [0.15, 0.2) is 4.52 Å². The van der Waals surface area contributed by atoms with Gasteiger partial charge in [0, 0.05) is 12.0 Å². The molecule has 0 bridgehead atoms. The topological polar surface area (TPSA) is 91.2 Å². The van der Waals surface area contributed by atoms with Gasteiger partial charge < -0.3 is 15.0 Å². The summed E-state index contributed by atoms with van der Waals surface area (Å²) < 4.78 is 9.58. The molecule has 0 aliphatic rings. The fourth-order valence-electron chi connectivity index (χ4n) is 0.995. The van der Waals surface area contributed by atoms with Gasteiger partial charge in [-0.15, -0.1) is 0 Å². The standard InChI is InChI=1S/C9H15N3O3/c1-4-14-8(13)7-11-6(15-12-7)5-9(2,3)10/h4-5,10H2,1-3H3. The molecule has 0 spiro atoms. The number of aromatic nitrogens is 2. The minimum atomic E-state index is -0.581. The first kappa shape index (κ1) is 11.6. The molecule has 0 aliphatic heterocycles. The normalized spacial score (nSPS) is 11.5. The molecule has 0 radical (unpaired) electrons. The molecule has 1 heterocycles. The van der Waals surface area contributed by atoms with Crippen molar-refractivity contribution in [3.63, 3.8) is 0 Å². The molecule has 6 nitrogen and oxygen atoms in total. The van der Waals surface area contributed by atoms with E-state index in [0.717, 1.165) is 0 Å². The quantitative estimate of drug-likeness (QED) is 0.733. The lowest BCUT2D eigenvalue weighted by atomic mass is 10.0. The van der Waals surface area contributed by atoms with Crippen molar-refractivity contribution in [2.24, 2.45) is 5.73 Å². The van der Waals surface area contributed by atoms with Crippen molar-refractivity contribution in [3.05, 3.63) is 11.7 Å². The molecule has 0 atom stereocenters. The van der Waals surface area contributed by atoms with E-state index in [4.69, 9.17) is 15.0 Å². The van der Waals surface area contributed by atoms with Gasteiger partial charge in [-0.25, -0.2) is 4.79 Å². The van der Waals surface area contributed by atoms with Gasteiger partial charge in [-0.2, -0.15) is 4.98 Å². The molecule has 0 amide bonds. The lowest BCUT2D eigenvalue weighted by Crippen LogP contribution is -2.34. The summed E-state index contributed by atoms with van der Waals surface area (Å²) in [5, 5.41) is 3.50. The molecule has 1 aromatic rings. The lowest BCUT2D eigenvalue weighted by Gasteiger charge is -2.14. The maximum atomic E-state index is 11.2. The van der Waals surface area contributed by atoms with Crippen LogP contribution in [0.3, 0.4) is 0 Å². The Hall–Kier alpha value is -1.43. The molecule has 0 saturated heterocycles. The van der Waals surface area contributed by atoms with Crippen LogP contribution in [0.5, 0.6) is 0 Å². The molecule has 6 heteroatoms. The highest BCUT2D eigenvalue weighted by molar-refractivity contribution is 5.84. The van der Waals surface area contributed by atoms with Crippen LogP contribution in [0.25, 0.3) is 0 Å². The van der Waals surface area contributed by atoms with Crippen molar-refractivity contribution in [1.82, 2.24) is 10.1 Å².